The molecule has 0 saturated carbocycles. The molecule has 0 spiro atoms. The van der Waals surface area contributed by atoms with Crippen molar-refractivity contribution in [3.8, 4) is 0 Å². The summed E-state index contributed by atoms with van der Waals surface area (Å²) in [6.45, 7) is 4.17. The van der Waals surface area contributed by atoms with E-state index in [4.69, 9.17) is 5.11 Å². The summed E-state index contributed by atoms with van der Waals surface area (Å²) in [6, 6.07) is 8.09. The molecule has 0 aromatic heterocycles. The van der Waals surface area contributed by atoms with Crippen molar-refractivity contribution in [2.75, 3.05) is 20.6 Å². The van der Waals surface area contributed by atoms with Gasteiger partial charge in [0.25, 0.3) is 0 Å². The van der Waals surface area contributed by atoms with Crippen LogP contribution in [0.3, 0.4) is 0 Å². The van der Waals surface area contributed by atoms with Gasteiger partial charge in [-0.3, -0.25) is 9.69 Å². The number of hydrogen-bond donors (Lipinski definition) is 1. The highest BCUT2D eigenvalue weighted by Crippen LogP contribution is 2.22. The Balaban J connectivity index is 3.06. The Morgan fingerprint density at radius 1 is 1.20 bits per heavy atom. The van der Waals surface area contributed by atoms with E-state index in [1.165, 1.54) is 18.9 Å². The number of benzene rings is 1. The molecule has 1 rings (SSSR count). The zero-order valence-electron chi connectivity index (χ0n) is 12.4. The molecular formula is C15H22N2O3. The number of likely N-dealkylation sites (N-methyl/N-ethyl adjacent to an activating group) is 2. The summed E-state index contributed by atoms with van der Waals surface area (Å²) in [5.74, 6) is -1.22. The van der Waals surface area contributed by atoms with Crippen molar-refractivity contribution in [1.82, 2.24) is 9.80 Å². The lowest BCUT2D eigenvalue weighted by atomic mass is 10.0. The highest BCUT2D eigenvalue weighted by Gasteiger charge is 2.31. The molecule has 0 heterocycles. The lowest BCUT2D eigenvalue weighted by molar-refractivity contribution is -0.150. The molecule has 1 amide bonds. The fraction of sp³-hybridized carbons (Fsp3) is 0.467. The molecule has 0 aliphatic carbocycles. The second-order valence-electron chi connectivity index (χ2n) is 4.85. The van der Waals surface area contributed by atoms with Crippen LogP contribution in [0.15, 0.2) is 30.3 Å². The summed E-state index contributed by atoms with van der Waals surface area (Å²) in [5, 5.41) is 9.04. The molecule has 5 heteroatoms. The standard InChI is InChI=1S/C15H22N2O3/c1-5-16(3)13(12-9-7-6-8-10-12)14(18)17(4)11(2)15(19)20/h6-11,13H,5H2,1-4H3,(H,19,20). The molecule has 5 nitrogen and oxygen atoms in total. The molecule has 0 fully saturated rings. The van der Waals surface area contributed by atoms with Gasteiger partial charge in [0.2, 0.25) is 5.91 Å². The van der Waals surface area contributed by atoms with Crippen molar-refractivity contribution in [2.24, 2.45) is 0 Å². The molecule has 0 aliphatic heterocycles. The minimum absolute atomic E-state index is 0.213. The second kappa shape index (κ2) is 7.05. The smallest absolute Gasteiger partial charge is 0.326 e. The van der Waals surface area contributed by atoms with Crippen molar-refractivity contribution in [3.05, 3.63) is 35.9 Å². The van der Waals surface area contributed by atoms with Crippen molar-refractivity contribution in [1.29, 1.82) is 0 Å². The van der Waals surface area contributed by atoms with Gasteiger partial charge in [0, 0.05) is 7.05 Å². The Hall–Kier alpha value is -1.88. The van der Waals surface area contributed by atoms with E-state index in [1.54, 1.807) is 0 Å². The number of nitrogens with zero attached hydrogens (tertiary/aromatic N) is 2. The van der Waals surface area contributed by atoms with Gasteiger partial charge in [-0.1, -0.05) is 37.3 Å². The number of rotatable bonds is 6. The number of carbonyl (C=O) groups excluding carboxylic acids is 1. The first-order valence-electron chi connectivity index (χ1n) is 6.64. The van der Waals surface area contributed by atoms with E-state index in [1.807, 2.05) is 49.2 Å². The largest absolute Gasteiger partial charge is 0.480 e. The van der Waals surface area contributed by atoms with Crippen LogP contribution in [0.1, 0.15) is 25.5 Å². The first-order valence-corrected chi connectivity index (χ1v) is 6.64. The van der Waals surface area contributed by atoms with Gasteiger partial charge in [-0.2, -0.15) is 0 Å². The molecule has 0 radical (unpaired) electrons. The number of carbonyl (C=O) groups is 2. The molecule has 1 aromatic carbocycles. The Morgan fingerprint density at radius 2 is 1.75 bits per heavy atom. The maximum atomic E-state index is 12.6. The number of aliphatic carboxylic acids is 1. The van der Waals surface area contributed by atoms with Gasteiger partial charge in [0.05, 0.1) is 0 Å². The van der Waals surface area contributed by atoms with E-state index in [0.29, 0.717) is 6.54 Å². The van der Waals surface area contributed by atoms with E-state index in [-0.39, 0.29) is 5.91 Å². The van der Waals surface area contributed by atoms with Crippen LogP contribution in [-0.2, 0) is 9.59 Å². The number of carboxylic acid groups (broad SMARTS) is 1. The topological polar surface area (TPSA) is 60.9 Å². The van der Waals surface area contributed by atoms with E-state index in [9.17, 15) is 9.59 Å². The van der Waals surface area contributed by atoms with Gasteiger partial charge >= 0.3 is 5.97 Å². The Morgan fingerprint density at radius 3 is 2.20 bits per heavy atom. The normalized spacial score (nSPS) is 13.8. The minimum Gasteiger partial charge on any atom is -0.480 e. The van der Waals surface area contributed by atoms with Crippen molar-refractivity contribution in [2.45, 2.75) is 25.9 Å². The summed E-state index contributed by atoms with van der Waals surface area (Å²) in [7, 11) is 3.38. The average Bonchev–Trinajstić information content (AvgIpc) is 2.46. The van der Waals surface area contributed by atoms with Gasteiger partial charge in [-0.15, -0.1) is 0 Å². The summed E-state index contributed by atoms with van der Waals surface area (Å²) < 4.78 is 0. The third kappa shape index (κ3) is 3.57. The summed E-state index contributed by atoms with van der Waals surface area (Å²) in [5.41, 5.74) is 0.867. The molecule has 0 bridgehead atoms. The number of amides is 1. The monoisotopic (exact) mass is 278 g/mol. The zero-order chi connectivity index (χ0) is 15.3. The fourth-order valence-corrected chi connectivity index (χ4v) is 1.95. The van der Waals surface area contributed by atoms with Crippen LogP contribution in [0.2, 0.25) is 0 Å². The van der Waals surface area contributed by atoms with Gasteiger partial charge in [0.1, 0.15) is 12.1 Å². The third-order valence-corrected chi connectivity index (χ3v) is 3.57. The van der Waals surface area contributed by atoms with Crippen LogP contribution in [0.25, 0.3) is 0 Å². The Labute approximate surface area is 119 Å². The Kier molecular flexibility index (Phi) is 5.70. The van der Waals surface area contributed by atoms with Crippen molar-refractivity contribution < 1.29 is 14.7 Å². The number of carboxylic acids is 1. The van der Waals surface area contributed by atoms with Crippen LogP contribution in [0.4, 0.5) is 0 Å². The first-order chi connectivity index (χ1) is 9.40. The maximum absolute atomic E-state index is 12.6. The zero-order valence-corrected chi connectivity index (χ0v) is 12.4. The van der Waals surface area contributed by atoms with Gasteiger partial charge in [-0.25, -0.2) is 4.79 Å². The van der Waals surface area contributed by atoms with Crippen LogP contribution >= 0.6 is 0 Å². The van der Waals surface area contributed by atoms with Gasteiger partial charge in [-0.05, 0) is 26.1 Å². The molecule has 20 heavy (non-hydrogen) atoms. The summed E-state index contributed by atoms with van der Waals surface area (Å²) >= 11 is 0. The van der Waals surface area contributed by atoms with E-state index >= 15 is 0 Å². The van der Waals surface area contributed by atoms with Gasteiger partial charge in [0.15, 0.2) is 0 Å². The van der Waals surface area contributed by atoms with Crippen molar-refractivity contribution >= 4 is 11.9 Å². The summed E-state index contributed by atoms with van der Waals surface area (Å²) in [6.07, 6.45) is 0. The predicted octanol–water partition coefficient (Wildman–Crippen LogP) is 1.61. The van der Waals surface area contributed by atoms with Gasteiger partial charge < -0.3 is 10.0 Å². The highest BCUT2D eigenvalue weighted by molar-refractivity contribution is 5.87. The molecular weight excluding hydrogens is 256 g/mol. The van der Waals surface area contributed by atoms with Crippen LogP contribution in [0, 0.1) is 0 Å². The molecule has 2 atom stereocenters. The number of hydrogen-bond acceptors (Lipinski definition) is 3. The molecule has 110 valence electrons. The SMILES string of the molecule is CCN(C)C(C(=O)N(C)C(C)C(=O)O)c1ccccc1. The fourth-order valence-electron chi connectivity index (χ4n) is 1.95. The van der Waals surface area contributed by atoms with Crippen LogP contribution in [-0.4, -0.2) is 53.5 Å². The quantitative estimate of drug-likeness (QED) is 0.859. The van der Waals surface area contributed by atoms with Crippen LogP contribution < -0.4 is 0 Å². The lowest BCUT2D eigenvalue weighted by Gasteiger charge is -2.32. The van der Waals surface area contributed by atoms with E-state index in [0.717, 1.165) is 5.56 Å². The Bertz CT molecular complexity index is 461. The first kappa shape index (κ1) is 16.2. The average molecular weight is 278 g/mol. The predicted molar refractivity (Wildman–Crippen MR) is 77.4 cm³/mol. The lowest BCUT2D eigenvalue weighted by Crippen LogP contribution is -2.46. The maximum Gasteiger partial charge on any atom is 0.326 e. The third-order valence-electron chi connectivity index (χ3n) is 3.57. The summed E-state index contributed by atoms with van der Waals surface area (Å²) in [4.78, 5) is 26.8. The molecule has 0 aliphatic rings. The van der Waals surface area contributed by atoms with Crippen LogP contribution in [0.5, 0.6) is 0 Å². The molecule has 2 unspecified atom stereocenters. The second-order valence-corrected chi connectivity index (χ2v) is 4.85. The van der Waals surface area contributed by atoms with E-state index < -0.39 is 18.1 Å². The van der Waals surface area contributed by atoms with E-state index in [2.05, 4.69) is 0 Å². The highest BCUT2D eigenvalue weighted by atomic mass is 16.4. The molecule has 0 saturated heterocycles. The van der Waals surface area contributed by atoms with Crippen molar-refractivity contribution in [3.63, 3.8) is 0 Å². The molecule has 1 aromatic rings. The molecule has 1 N–H and O–H groups in total. The minimum atomic E-state index is -1.01.